The van der Waals surface area contributed by atoms with Gasteiger partial charge in [-0.05, 0) is 29.8 Å². The number of hydrogen-bond donors (Lipinski definition) is 0. The lowest BCUT2D eigenvalue weighted by Gasteiger charge is -2.26. The van der Waals surface area contributed by atoms with Crippen LogP contribution in [0.1, 0.15) is 15.2 Å². The van der Waals surface area contributed by atoms with Gasteiger partial charge in [0.2, 0.25) is 0 Å². The van der Waals surface area contributed by atoms with E-state index in [1.54, 1.807) is 41.3 Å². The number of halogens is 2. The SMILES string of the molecule is O=C(Oc1ccccc1)O[C@H](CCl)CN(Cc1ccccc1)C(=O)c1ccc(Cl)s1. The standard InChI is InChI=1S/C22H19Cl2NO4S/c23-13-18(29-22(27)28-17-9-5-2-6-10-17)15-25(14-16-7-3-1-4-8-16)21(26)19-11-12-20(24)30-19/h1-12,18H,13-15H2/t18-/m1/s1. The number of carbonyl (C=O) groups is 2. The molecule has 0 fully saturated rings. The summed E-state index contributed by atoms with van der Waals surface area (Å²) in [5.41, 5.74) is 0.939. The first-order valence-corrected chi connectivity index (χ1v) is 10.9. The van der Waals surface area contributed by atoms with Crippen LogP contribution in [0.4, 0.5) is 4.79 Å². The number of rotatable bonds is 8. The third-order valence-corrected chi connectivity index (χ3v) is 5.65. The van der Waals surface area contributed by atoms with Gasteiger partial charge in [-0.15, -0.1) is 22.9 Å². The molecule has 1 aromatic heterocycles. The molecular formula is C22H19Cl2NO4S. The largest absolute Gasteiger partial charge is 0.514 e. The Morgan fingerprint density at radius 2 is 1.63 bits per heavy atom. The van der Waals surface area contributed by atoms with Gasteiger partial charge in [0, 0.05) is 6.54 Å². The van der Waals surface area contributed by atoms with E-state index in [0.29, 0.717) is 21.5 Å². The van der Waals surface area contributed by atoms with E-state index >= 15 is 0 Å². The van der Waals surface area contributed by atoms with E-state index in [-0.39, 0.29) is 18.3 Å². The van der Waals surface area contributed by atoms with Gasteiger partial charge in [-0.2, -0.15) is 0 Å². The quantitative estimate of drug-likeness (QED) is 0.238. The van der Waals surface area contributed by atoms with Gasteiger partial charge in [0.25, 0.3) is 5.91 Å². The molecule has 1 heterocycles. The van der Waals surface area contributed by atoms with Crippen LogP contribution in [0, 0.1) is 0 Å². The van der Waals surface area contributed by atoms with E-state index < -0.39 is 12.3 Å². The number of amides is 1. The molecule has 0 aliphatic heterocycles. The van der Waals surface area contributed by atoms with Crippen molar-refractivity contribution in [2.75, 3.05) is 12.4 Å². The Labute approximate surface area is 188 Å². The highest BCUT2D eigenvalue weighted by Gasteiger charge is 2.24. The number of hydrogen-bond acceptors (Lipinski definition) is 5. The van der Waals surface area contributed by atoms with Crippen molar-refractivity contribution in [2.24, 2.45) is 0 Å². The molecule has 2 aromatic carbocycles. The summed E-state index contributed by atoms with van der Waals surface area (Å²) >= 11 is 13.2. The Hall–Kier alpha value is -2.54. The Kier molecular flexibility index (Phi) is 8.13. The number of ether oxygens (including phenoxy) is 2. The second-order valence-electron chi connectivity index (χ2n) is 6.33. The first-order valence-electron chi connectivity index (χ1n) is 9.13. The molecule has 0 unspecified atom stereocenters. The predicted molar refractivity (Wildman–Crippen MR) is 119 cm³/mol. The second kappa shape index (κ2) is 11.0. The van der Waals surface area contributed by atoms with Crippen molar-refractivity contribution >= 4 is 46.6 Å². The maximum Gasteiger partial charge on any atom is 0.514 e. The Balaban J connectivity index is 1.71. The van der Waals surface area contributed by atoms with Crippen LogP contribution in [0.15, 0.2) is 72.8 Å². The Morgan fingerprint density at radius 1 is 0.967 bits per heavy atom. The van der Waals surface area contributed by atoms with Gasteiger partial charge in [0.1, 0.15) is 11.9 Å². The minimum Gasteiger partial charge on any atom is -0.428 e. The van der Waals surface area contributed by atoms with Crippen molar-refractivity contribution in [3.8, 4) is 5.75 Å². The highest BCUT2D eigenvalue weighted by Crippen LogP contribution is 2.24. The van der Waals surface area contributed by atoms with Crippen LogP contribution in [0.3, 0.4) is 0 Å². The van der Waals surface area contributed by atoms with Gasteiger partial charge in [-0.25, -0.2) is 4.79 Å². The monoisotopic (exact) mass is 463 g/mol. The Morgan fingerprint density at radius 3 is 2.23 bits per heavy atom. The third kappa shape index (κ3) is 6.49. The highest BCUT2D eigenvalue weighted by molar-refractivity contribution is 7.17. The number of carbonyl (C=O) groups excluding carboxylic acids is 2. The summed E-state index contributed by atoms with van der Waals surface area (Å²) in [7, 11) is 0. The van der Waals surface area contributed by atoms with Gasteiger partial charge < -0.3 is 14.4 Å². The van der Waals surface area contributed by atoms with Crippen molar-refractivity contribution in [2.45, 2.75) is 12.6 Å². The lowest BCUT2D eigenvalue weighted by Crippen LogP contribution is -2.40. The minimum absolute atomic E-state index is 0.00760. The maximum atomic E-state index is 13.1. The zero-order valence-electron chi connectivity index (χ0n) is 15.9. The number of para-hydroxylation sites is 1. The lowest BCUT2D eigenvalue weighted by atomic mass is 10.2. The van der Waals surface area contributed by atoms with Crippen LogP contribution in [0.2, 0.25) is 4.34 Å². The van der Waals surface area contributed by atoms with Crippen molar-refractivity contribution in [1.29, 1.82) is 0 Å². The first-order chi connectivity index (χ1) is 14.5. The van der Waals surface area contributed by atoms with Crippen molar-refractivity contribution in [3.63, 3.8) is 0 Å². The summed E-state index contributed by atoms with van der Waals surface area (Å²) in [6.07, 6.45) is -1.62. The van der Waals surface area contributed by atoms with Gasteiger partial charge in [-0.3, -0.25) is 4.79 Å². The lowest BCUT2D eigenvalue weighted by molar-refractivity contribution is 0.0405. The summed E-state index contributed by atoms with van der Waals surface area (Å²) in [5, 5.41) is 0. The Bertz CT molecular complexity index is 966. The van der Waals surface area contributed by atoms with Crippen LogP contribution in [-0.2, 0) is 11.3 Å². The summed E-state index contributed by atoms with van der Waals surface area (Å²) < 4.78 is 11.0. The minimum atomic E-state index is -0.877. The maximum absolute atomic E-state index is 13.1. The molecular weight excluding hydrogens is 445 g/mol. The number of nitrogens with zero attached hydrogens (tertiary/aromatic N) is 1. The van der Waals surface area contributed by atoms with Crippen LogP contribution in [0.5, 0.6) is 5.75 Å². The molecule has 0 bridgehead atoms. The summed E-state index contributed by atoms with van der Waals surface area (Å²) in [6, 6.07) is 21.5. The first kappa shape index (κ1) is 22.2. The van der Waals surface area contributed by atoms with E-state index in [2.05, 4.69) is 0 Å². The van der Waals surface area contributed by atoms with Gasteiger partial charge in [0.05, 0.1) is 21.6 Å². The summed E-state index contributed by atoms with van der Waals surface area (Å²) in [4.78, 5) is 27.3. The van der Waals surface area contributed by atoms with Crippen molar-refractivity contribution < 1.29 is 19.1 Å². The topological polar surface area (TPSA) is 55.8 Å². The number of alkyl halides is 1. The highest BCUT2D eigenvalue weighted by atomic mass is 35.5. The molecule has 156 valence electrons. The van der Waals surface area contributed by atoms with Crippen LogP contribution in [-0.4, -0.2) is 35.5 Å². The molecule has 30 heavy (non-hydrogen) atoms. The fourth-order valence-electron chi connectivity index (χ4n) is 2.72. The molecule has 8 heteroatoms. The zero-order valence-corrected chi connectivity index (χ0v) is 18.2. The number of benzene rings is 2. The van der Waals surface area contributed by atoms with Crippen molar-refractivity contribution in [3.05, 3.63) is 87.6 Å². The smallest absolute Gasteiger partial charge is 0.428 e. The normalized spacial score (nSPS) is 11.5. The molecule has 3 aromatic rings. The molecule has 1 atom stereocenters. The average molecular weight is 464 g/mol. The average Bonchev–Trinajstić information content (AvgIpc) is 3.19. The third-order valence-electron chi connectivity index (χ3n) is 4.09. The van der Waals surface area contributed by atoms with Crippen LogP contribution in [0.25, 0.3) is 0 Å². The summed E-state index contributed by atoms with van der Waals surface area (Å²) in [6.45, 7) is 0.441. The molecule has 0 aliphatic carbocycles. The fraction of sp³-hybridized carbons (Fsp3) is 0.182. The summed E-state index contributed by atoms with van der Waals surface area (Å²) in [5.74, 6) is 0.153. The molecule has 5 nitrogen and oxygen atoms in total. The van der Waals surface area contributed by atoms with Crippen molar-refractivity contribution in [1.82, 2.24) is 4.90 Å². The van der Waals surface area contributed by atoms with E-state index in [9.17, 15) is 9.59 Å². The molecule has 0 aliphatic rings. The van der Waals surface area contributed by atoms with Gasteiger partial charge >= 0.3 is 6.16 Å². The fourth-order valence-corrected chi connectivity index (χ4v) is 3.89. The number of thiophene rings is 1. The molecule has 1 amide bonds. The van der Waals surface area contributed by atoms with E-state index in [1.807, 2.05) is 36.4 Å². The van der Waals surface area contributed by atoms with E-state index in [0.717, 1.165) is 5.56 Å². The molecule has 0 radical (unpaired) electrons. The second-order valence-corrected chi connectivity index (χ2v) is 8.36. The zero-order chi connectivity index (χ0) is 21.3. The van der Waals surface area contributed by atoms with Crippen LogP contribution < -0.4 is 4.74 Å². The van der Waals surface area contributed by atoms with E-state index in [4.69, 9.17) is 32.7 Å². The van der Waals surface area contributed by atoms with E-state index in [1.165, 1.54) is 11.3 Å². The predicted octanol–water partition coefficient (Wildman–Crippen LogP) is 5.87. The molecule has 0 N–H and O–H groups in total. The molecule has 0 spiro atoms. The van der Waals surface area contributed by atoms with Gasteiger partial charge in [-0.1, -0.05) is 60.1 Å². The molecule has 0 saturated heterocycles. The molecule has 0 saturated carbocycles. The van der Waals surface area contributed by atoms with Gasteiger partial charge in [0.15, 0.2) is 0 Å². The molecule has 3 rings (SSSR count). The van der Waals surface area contributed by atoms with Crippen LogP contribution >= 0.6 is 34.5 Å².